The summed E-state index contributed by atoms with van der Waals surface area (Å²) in [6.07, 6.45) is 2.20. The minimum absolute atomic E-state index is 0.0560. The average molecular weight is 369 g/mol. The lowest BCUT2D eigenvalue weighted by Crippen LogP contribution is -2.37. The molecule has 1 saturated carbocycles. The Morgan fingerprint density at radius 1 is 1.22 bits per heavy atom. The Morgan fingerprint density at radius 2 is 1.89 bits per heavy atom. The Morgan fingerprint density at radius 3 is 2.52 bits per heavy atom. The van der Waals surface area contributed by atoms with Crippen molar-refractivity contribution < 1.29 is 19.1 Å². The van der Waals surface area contributed by atoms with Gasteiger partial charge in [-0.3, -0.25) is 9.59 Å². The van der Waals surface area contributed by atoms with Gasteiger partial charge in [-0.15, -0.1) is 0 Å². The van der Waals surface area contributed by atoms with Gasteiger partial charge in [0.2, 0.25) is 0 Å². The third-order valence-corrected chi connectivity index (χ3v) is 4.76. The van der Waals surface area contributed by atoms with Gasteiger partial charge in [0, 0.05) is 6.04 Å². The summed E-state index contributed by atoms with van der Waals surface area (Å²) in [5.74, 6) is -1.75. The molecule has 0 saturated heterocycles. The molecule has 142 valence electrons. The van der Waals surface area contributed by atoms with E-state index in [1.165, 1.54) is 0 Å². The van der Waals surface area contributed by atoms with Gasteiger partial charge in [-0.2, -0.15) is 5.10 Å². The van der Waals surface area contributed by atoms with Crippen LogP contribution < -0.4 is 5.32 Å². The monoisotopic (exact) mass is 369 g/mol. The molecule has 27 heavy (non-hydrogen) atoms. The van der Waals surface area contributed by atoms with Crippen LogP contribution >= 0.6 is 0 Å². The topological polar surface area (TPSA) is 90.3 Å². The number of nitrogens with one attached hydrogen (secondary N) is 1. The first-order valence-electron chi connectivity index (χ1n) is 9.01. The lowest BCUT2D eigenvalue weighted by atomic mass is 10.1. The van der Waals surface area contributed by atoms with Gasteiger partial charge in [-0.05, 0) is 51.7 Å². The number of para-hydroxylation sites is 1. The second kappa shape index (κ2) is 7.73. The molecule has 1 aliphatic rings. The maximum atomic E-state index is 12.5. The molecule has 2 aromatic rings. The molecule has 3 rings (SSSR count). The molecule has 1 N–H and O–H groups in total. The summed E-state index contributed by atoms with van der Waals surface area (Å²) in [6.45, 7) is 4.84. The first-order valence-corrected chi connectivity index (χ1v) is 9.01. The predicted octanol–water partition coefficient (Wildman–Crippen LogP) is 2.13. The quantitative estimate of drug-likeness (QED) is 0.459. The standard InChI is InChI=1S/C20H23N3O4/c1-12(15-9-10-15)21-17(24)11-27-20(26)19(25)18-13(2)22-23(14(18)3)16-7-5-4-6-8-16/h4-8,12,15H,9-11H2,1-3H3,(H,21,24). The first kappa shape index (κ1) is 18.8. The lowest BCUT2D eigenvalue weighted by molar-refractivity contribution is -0.144. The zero-order valence-electron chi connectivity index (χ0n) is 15.7. The molecule has 1 atom stereocenters. The van der Waals surface area contributed by atoms with E-state index in [1.54, 1.807) is 18.5 Å². The Kier molecular flexibility index (Phi) is 5.39. The maximum Gasteiger partial charge on any atom is 0.380 e. The SMILES string of the molecule is Cc1nn(-c2ccccc2)c(C)c1C(=O)C(=O)OCC(=O)NC(C)C1CC1. The molecule has 7 heteroatoms. The number of ketones is 1. The van der Waals surface area contributed by atoms with Crippen molar-refractivity contribution in [3.63, 3.8) is 0 Å². The van der Waals surface area contributed by atoms with Gasteiger partial charge in [-0.25, -0.2) is 9.48 Å². The molecule has 0 radical (unpaired) electrons. The first-order chi connectivity index (χ1) is 12.9. The molecular formula is C20H23N3O4. The average Bonchev–Trinajstić information content (AvgIpc) is 3.46. The fraction of sp³-hybridized carbons (Fsp3) is 0.400. The van der Waals surface area contributed by atoms with Crippen molar-refractivity contribution in [2.75, 3.05) is 6.61 Å². The van der Waals surface area contributed by atoms with Crippen LogP contribution in [0.5, 0.6) is 0 Å². The summed E-state index contributed by atoms with van der Waals surface area (Å²) >= 11 is 0. The number of carbonyl (C=O) groups is 3. The molecule has 0 spiro atoms. The van der Waals surface area contributed by atoms with Crippen LogP contribution in [-0.4, -0.2) is 40.1 Å². The van der Waals surface area contributed by atoms with Crippen molar-refractivity contribution in [1.82, 2.24) is 15.1 Å². The van der Waals surface area contributed by atoms with Gasteiger partial charge in [0.25, 0.3) is 11.7 Å². The van der Waals surface area contributed by atoms with Crippen LogP contribution in [0.2, 0.25) is 0 Å². The van der Waals surface area contributed by atoms with Crippen molar-refractivity contribution in [1.29, 1.82) is 0 Å². The third-order valence-electron chi connectivity index (χ3n) is 4.76. The Hall–Kier alpha value is -2.96. The van der Waals surface area contributed by atoms with Crippen molar-refractivity contribution in [3.05, 3.63) is 47.3 Å². The Balaban J connectivity index is 1.65. The van der Waals surface area contributed by atoms with Crippen LogP contribution in [0.15, 0.2) is 30.3 Å². The number of amides is 1. The molecule has 1 fully saturated rings. The summed E-state index contributed by atoms with van der Waals surface area (Å²) in [4.78, 5) is 36.5. The lowest BCUT2D eigenvalue weighted by Gasteiger charge is -2.12. The number of carbonyl (C=O) groups excluding carboxylic acids is 3. The third kappa shape index (κ3) is 4.24. The van der Waals surface area contributed by atoms with E-state index in [1.807, 2.05) is 37.3 Å². The fourth-order valence-electron chi connectivity index (χ4n) is 3.10. The number of hydrogen-bond donors (Lipinski definition) is 1. The molecule has 1 aliphatic carbocycles. The number of nitrogens with zero attached hydrogens (tertiary/aromatic N) is 2. The zero-order chi connectivity index (χ0) is 19.6. The zero-order valence-corrected chi connectivity index (χ0v) is 15.7. The highest BCUT2D eigenvalue weighted by Crippen LogP contribution is 2.32. The minimum Gasteiger partial charge on any atom is -0.450 e. The number of aryl methyl sites for hydroxylation is 1. The van der Waals surface area contributed by atoms with Gasteiger partial charge in [0.1, 0.15) is 0 Å². The summed E-state index contributed by atoms with van der Waals surface area (Å²) in [5.41, 5.74) is 1.98. The Bertz CT molecular complexity index is 869. The van der Waals surface area contributed by atoms with Crippen LogP contribution in [0.1, 0.15) is 41.5 Å². The van der Waals surface area contributed by atoms with E-state index in [2.05, 4.69) is 10.4 Å². The van der Waals surface area contributed by atoms with Gasteiger partial charge < -0.3 is 10.1 Å². The fourth-order valence-corrected chi connectivity index (χ4v) is 3.10. The van der Waals surface area contributed by atoms with Gasteiger partial charge in [0.05, 0.1) is 22.6 Å². The number of ether oxygens (including phenoxy) is 1. The predicted molar refractivity (Wildman–Crippen MR) is 98.7 cm³/mol. The number of Topliss-reactive ketones (excluding diaryl/α,β-unsaturated/α-hetero) is 1. The van der Waals surface area contributed by atoms with Crippen LogP contribution in [-0.2, 0) is 14.3 Å². The molecule has 1 heterocycles. The maximum absolute atomic E-state index is 12.5. The highest BCUT2D eigenvalue weighted by molar-refractivity contribution is 6.41. The molecule has 0 bridgehead atoms. The second-order valence-electron chi connectivity index (χ2n) is 6.89. The van der Waals surface area contributed by atoms with E-state index >= 15 is 0 Å². The van der Waals surface area contributed by atoms with Crippen molar-refractivity contribution in [2.45, 2.75) is 39.7 Å². The Labute approximate surface area is 157 Å². The van der Waals surface area contributed by atoms with Gasteiger partial charge in [0.15, 0.2) is 6.61 Å². The number of benzene rings is 1. The van der Waals surface area contributed by atoms with E-state index in [-0.39, 0.29) is 11.6 Å². The van der Waals surface area contributed by atoms with Crippen molar-refractivity contribution in [3.8, 4) is 5.69 Å². The second-order valence-corrected chi connectivity index (χ2v) is 6.89. The number of esters is 1. The molecule has 1 amide bonds. The van der Waals surface area contributed by atoms with Crippen molar-refractivity contribution >= 4 is 17.7 Å². The smallest absolute Gasteiger partial charge is 0.380 e. The minimum atomic E-state index is -1.05. The van der Waals surface area contributed by atoms with Crippen LogP contribution in [0.3, 0.4) is 0 Å². The van der Waals surface area contributed by atoms with Crippen LogP contribution in [0, 0.1) is 19.8 Å². The summed E-state index contributed by atoms with van der Waals surface area (Å²) < 4.78 is 6.52. The van der Waals surface area contributed by atoms with Crippen LogP contribution in [0.4, 0.5) is 0 Å². The van der Waals surface area contributed by atoms with E-state index in [9.17, 15) is 14.4 Å². The number of aromatic nitrogens is 2. The highest BCUT2D eigenvalue weighted by Gasteiger charge is 2.30. The normalized spacial score (nSPS) is 14.5. The van der Waals surface area contributed by atoms with Crippen molar-refractivity contribution in [2.24, 2.45) is 5.92 Å². The van der Waals surface area contributed by atoms with Gasteiger partial charge >= 0.3 is 5.97 Å². The molecule has 7 nitrogen and oxygen atoms in total. The largest absolute Gasteiger partial charge is 0.450 e. The molecule has 1 unspecified atom stereocenters. The summed E-state index contributed by atoms with van der Waals surface area (Å²) in [6, 6.07) is 9.38. The van der Waals surface area contributed by atoms with E-state index in [4.69, 9.17) is 4.74 Å². The number of hydrogen-bond acceptors (Lipinski definition) is 5. The molecule has 0 aliphatic heterocycles. The van der Waals surface area contributed by atoms with E-state index in [0.717, 1.165) is 18.5 Å². The highest BCUT2D eigenvalue weighted by atomic mass is 16.5. The summed E-state index contributed by atoms with van der Waals surface area (Å²) in [7, 11) is 0. The number of rotatable bonds is 7. The van der Waals surface area contributed by atoms with E-state index in [0.29, 0.717) is 17.3 Å². The molecule has 1 aromatic carbocycles. The van der Waals surface area contributed by atoms with E-state index < -0.39 is 24.3 Å². The molecular weight excluding hydrogens is 346 g/mol. The summed E-state index contributed by atoms with van der Waals surface area (Å²) in [5, 5.41) is 7.13. The van der Waals surface area contributed by atoms with Gasteiger partial charge in [-0.1, -0.05) is 18.2 Å². The van der Waals surface area contributed by atoms with Crippen LogP contribution in [0.25, 0.3) is 5.69 Å². The molecule has 1 aromatic heterocycles.